The van der Waals surface area contributed by atoms with Crippen molar-refractivity contribution < 1.29 is 17.9 Å². The van der Waals surface area contributed by atoms with Crippen LogP contribution in [0.3, 0.4) is 0 Å². The summed E-state index contributed by atoms with van der Waals surface area (Å²) in [5, 5.41) is 0. The third kappa shape index (κ3) is 3010. The van der Waals surface area contributed by atoms with E-state index in [0.717, 1.165) is 0 Å². The summed E-state index contributed by atoms with van der Waals surface area (Å²) in [5.41, 5.74) is 0. The average Bonchev–Trinajstić information content (AvgIpc) is 1.27. The van der Waals surface area contributed by atoms with Crippen LogP contribution >= 0.6 is 7.99 Å². The van der Waals surface area contributed by atoms with Gasteiger partial charge in [-0.25, -0.2) is 4.57 Å². The third-order valence-corrected chi connectivity index (χ3v) is 0. The fourth-order valence-electron chi connectivity index (χ4n) is 0. The monoisotopic (exact) mass is 144 g/mol. The van der Waals surface area contributed by atoms with Gasteiger partial charge in [0.2, 0.25) is 0 Å². The highest BCUT2D eigenvalue weighted by atomic mass is 31.2. The molecule has 0 amide bonds. The lowest BCUT2D eigenvalue weighted by Gasteiger charge is -1.73. The molecule has 0 aliphatic rings. The summed E-state index contributed by atoms with van der Waals surface area (Å²) in [6, 6.07) is 0. The van der Waals surface area contributed by atoms with Gasteiger partial charge in [-0.3, -0.25) is 4.89 Å². The Morgan fingerprint density at radius 1 is 1.75 bits per heavy atom. The van der Waals surface area contributed by atoms with Crippen LogP contribution < -0.4 is 0 Å². The molecule has 0 saturated carbocycles. The summed E-state index contributed by atoms with van der Waals surface area (Å²) >= 11 is 0. The SMILES string of the molecule is C=CC.O=P(O)(F)F. The van der Waals surface area contributed by atoms with Crippen molar-refractivity contribution in [2.75, 3.05) is 0 Å². The number of allylic oxidation sites excluding steroid dienone is 1. The number of hydrogen-bond acceptors (Lipinski definition) is 1. The van der Waals surface area contributed by atoms with Gasteiger partial charge in [0.1, 0.15) is 0 Å². The second kappa shape index (κ2) is 4.94. The zero-order chi connectivity index (χ0) is 7.21. The minimum atomic E-state index is -5.64. The van der Waals surface area contributed by atoms with Crippen molar-refractivity contribution in [3.63, 3.8) is 0 Å². The molecule has 0 aliphatic heterocycles. The molecule has 0 aromatic heterocycles. The van der Waals surface area contributed by atoms with E-state index in [1.165, 1.54) is 0 Å². The van der Waals surface area contributed by atoms with Crippen molar-refractivity contribution in [2.24, 2.45) is 0 Å². The van der Waals surface area contributed by atoms with Gasteiger partial charge < -0.3 is 0 Å². The average molecular weight is 144 g/mol. The summed E-state index contributed by atoms with van der Waals surface area (Å²) < 4.78 is 28.7. The van der Waals surface area contributed by atoms with Crippen molar-refractivity contribution >= 4 is 7.99 Å². The Morgan fingerprint density at radius 2 is 1.75 bits per heavy atom. The Kier molecular flexibility index (Phi) is 6.61. The summed E-state index contributed by atoms with van der Waals surface area (Å²) in [6.07, 6.45) is 1.75. The quantitative estimate of drug-likeness (QED) is 0.418. The van der Waals surface area contributed by atoms with Gasteiger partial charge in [0.15, 0.2) is 0 Å². The Balaban J connectivity index is 0. The molecule has 0 aromatic carbocycles. The van der Waals surface area contributed by atoms with Gasteiger partial charge in [0, 0.05) is 0 Å². The van der Waals surface area contributed by atoms with Crippen molar-refractivity contribution in [1.29, 1.82) is 0 Å². The Labute approximate surface area is 46.5 Å². The van der Waals surface area contributed by atoms with Crippen molar-refractivity contribution in [2.45, 2.75) is 6.92 Å². The van der Waals surface area contributed by atoms with Gasteiger partial charge in [0.05, 0.1) is 0 Å². The summed E-state index contributed by atoms with van der Waals surface area (Å²) in [7, 11) is -5.64. The highest BCUT2D eigenvalue weighted by molar-refractivity contribution is 7.46. The maximum absolute atomic E-state index is 10.1. The highest BCUT2D eigenvalue weighted by Gasteiger charge is 2.09. The maximum atomic E-state index is 10.1. The first-order valence-corrected chi connectivity index (χ1v) is 3.15. The standard InChI is InChI=1S/C3H6.F2HO2P/c1-3-2;1-5(2,3)4/h3H,1H2,2H3;(H,3,4). The maximum Gasteiger partial charge on any atom is 0.549 e. The van der Waals surface area contributed by atoms with E-state index in [1.807, 2.05) is 6.92 Å². The molecule has 0 aliphatic carbocycles. The lowest BCUT2D eigenvalue weighted by atomic mass is 10.8. The van der Waals surface area contributed by atoms with E-state index < -0.39 is 7.99 Å². The van der Waals surface area contributed by atoms with Crippen molar-refractivity contribution in [3.05, 3.63) is 12.7 Å². The summed E-state index contributed by atoms with van der Waals surface area (Å²) in [5.74, 6) is 0. The van der Waals surface area contributed by atoms with Crippen LogP contribution in [-0.2, 0) is 4.57 Å². The Morgan fingerprint density at radius 3 is 1.75 bits per heavy atom. The first kappa shape index (κ1) is 10.7. The fraction of sp³-hybridized carbons (Fsp3) is 0.333. The van der Waals surface area contributed by atoms with Crippen LogP contribution in [-0.4, -0.2) is 4.89 Å². The molecule has 0 saturated heterocycles. The Bertz CT molecular complexity index is 89.2. The number of halogens is 2. The molecular formula is C3H7F2O2P. The van der Waals surface area contributed by atoms with E-state index in [9.17, 15) is 8.39 Å². The summed E-state index contributed by atoms with van der Waals surface area (Å²) in [6.45, 7) is 5.25. The van der Waals surface area contributed by atoms with Crippen LogP contribution in [0, 0.1) is 0 Å². The third-order valence-electron chi connectivity index (χ3n) is 0. The van der Waals surface area contributed by atoms with E-state index in [0.29, 0.717) is 0 Å². The van der Waals surface area contributed by atoms with Crippen molar-refractivity contribution in [3.8, 4) is 0 Å². The molecule has 0 heterocycles. The second-order valence-electron chi connectivity index (χ2n) is 0.843. The first-order valence-electron chi connectivity index (χ1n) is 1.71. The van der Waals surface area contributed by atoms with E-state index in [-0.39, 0.29) is 0 Å². The van der Waals surface area contributed by atoms with Gasteiger partial charge in [0.25, 0.3) is 0 Å². The smallest absolute Gasteiger partial charge is 0.296 e. The topological polar surface area (TPSA) is 37.3 Å². The van der Waals surface area contributed by atoms with Gasteiger partial charge in [-0.2, -0.15) is 0 Å². The van der Waals surface area contributed by atoms with Gasteiger partial charge in [-0.15, -0.1) is 15.0 Å². The molecular weight excluding hydrogens is 137 g/mol. The van der Waals surface area contributed by atoms with Crippen LogP contribution in [0.15, 0.2) is 12.7 Å². The van der Waals surface area contributed by atoms with E-state index >= 15 is 0 Å². The van der Waals surface area contributed by atoms with Gasteiger partial charge in [-0.1, -0.05) is 6.08 Å². The number of hydrogen-bond donors (Lipinski definition) is 1. The molecule has 0 bridgehead atoms. The van der Waals surface area contributed by atoms with Gasteiger partial charge in [-0.05, 0) is 6.92 Å². The molecule has 0 spiro atoms. The summed E-state index contributed by atoms with van der Waals surface area (Å²) in [4.78, 5) is 6.74. The van der Waals surface area contributed by atoms with Crippen LogP contribution in [0.5, 0.6) is 0 Å². The lowest BCUT2D eigenvalue weighted by molar-refractivity contribution is 0.376. The van der Waals surface area contributed by atoms with E-state index in [1.54, 1.807) is 6.08 Å². The molecule has 0 rings (SSSR count). The highest BCUT2D eigenvalue weighted by Crippen LogP contribution is 2.43. The second-order valence-corrected chi connectivity index (χ2v) is 1.71. The predicted molar refractivity (Wildman–Crippen MR) is 27.9 cm³/mol. The Hall–Kier alpha value is -0.210. The lowest BCUT2D eigenvalue weighted by Crippen LogP contribution is -1.45. The molecule has 0 aromatic rings. The molecule has 0 unspecified atom stereocenters. The van der Waals surface area contributed by atoms with Crippen LogP contribution in [0.25, 0.3) is 0 Å². The molecule has 0 radical (unpaired) electrons. The van der Waals surface area contributed by atoms with Gasteiger partial charge >= 0.3 is 7.99 Å². The van der Waals surface area contributed by atoms with E-state index in [4.69, 9.17) is 9.46 Å². The normalized spacial score (nSPS) is 9.00. The fourth-order valence-corrected chi connectivity index (χ4v) is 0. The van der Waals surface area contributed by atoms with E-state index in [2.05, 4.69) is 6.58 Å². The minimum absolute atomic E-state index is 1.75. The predicted octanol–water partition coefficient (Wildman–Crippen LogP) is 2.22. The molecule has 50 valence electrons. The molecule has 0 fully saturated rings. The zero-order valence-electron chi connectivity index (χ0n) is 4.34. The largest absolute Gasteiger partial charge is 0.549 e. The minimum Gasteiger partial charge on any atom is -0.296 e. The molecule has 5 heteroatoms. The molecule has 2 nitrogen and oxygen atoms in total. The van der Waals surface area contributed by atoms with Crippen LogP contribution in [0.4, 0.5) is 8.39 Å². The number of rotatable bonds is 0. The first-order chi connectivity index (χ1) is 3.41. The molecule has 8 heavy (non-hydrogen) atoms. The molecule has 1 N–H and O–H groups in total. The van der Waals surface area contributed by atoms with Crippen molar-refractivity contribution in [1.82, 2.24) is 0 Å². The zero-order valence-corrected chi connectivity index (χ0v) is 5.24. The molecule has 0 atom stereocenters. The van der Waals surface area contributed by atoms with Crippen LogP contribution in [0.1, 0.15) is 6.92 Å². The van der Waals surface area contributed by atoms with Crippen LogP contribution in [0.2, 0.25) is 0 Å².